The standard InChI is InChI=1S/C26H34F4N6O2/c1-2-4-18(15-22(31)32)16-35-11-6-20(7-12-35)25(37)36-13-8-19(9-14-36)23(34-38-17-26(28,29)30)24-21(27)5-3-10-33-24/h2-5,10,15,19-20H,1,6-9,11-14,16-17,31-32H2/b18-4+,34-23+. The van der Waals surface area contributed by atoms with Crippen LogP contribution in [-0.2, 0) is 9.63 Å². The van der Waals surface area contributed by atoms with E-state index in [9.17, 15) is 22.4 Å². The zero-order chi connectivity index (χ0) is 27.7. The van der Waals surface area contributed by atoms with Gasteiger partial charge in [-0.25, -0.2) is 4.39 Å². The molecule has 2 aliphatic heterocycles. The van der Waals surface area contributed by atoms with Crippen LogP contribution in [0.15, 0.2) is 59.7 Å². The summed E-state index contributed by atoms with van der Waals surface area (Å²) in [5.74, 6) is -0.912. The van der Waals surface area contributed by atoms with Crippen LogP contribution in [0.1, 0.15) is 31.4 Å². The third-order valence-corrected chi connectivity index (χ3v) is 6.61. The van der Waals surface area contributed by atoms with Gasteiger partial charge in [0, 0.05) is 37.7 Å². The van der Waals surface area contributed by atoms with E-state index in [1.54, 1.807) is 17.1 Å². The van der Waals surface area contributed by atoms with Crippen molar-refractivity contribution >= 4 is 11.6 Å². The zero-order valence-electron chi connectivity index (χ0n) is 21.2. The Morgan fingerprint density at radius 3 is 2.39 bits per heavy atom. The van der Waals surface area contributed by atoms with Crippen LogP contribution in [0.25, 0.3) is 0 Å². The molecule has 1 aromatic rings. The lowest BCUT2D eigenvalue weighted by Gasteiger charge is -2.37. The smallest absolute Gasteiger partial charge is 0.386 e. The summed E-state index contributed by atoms with van der Waals surface area (Å²) in [5.41, 5.74) is 12.0. The van der Waals surface area contributed by atoms with Crippen molar-refractivity contribution in [2.24, 2.45) is 28.5 Å². The first-order valence-corrected chi connectivity index (χ1v) is 12.5. The minimum Gasteiger partial charge on any atom is -0.386 e. The molecule has 0 atom stereocenters. The number of allylic oxidation sites excluding steroid dienone is 2. The van der Waals surface area contributed by atoms with Crippen LogP contribution < -0.4 is 11.5 Å². The number of aromatic nitrogens is 1. The van der Waals surface area contributed by atoms with Crippen molar-refractivity contribution in [1.82, 2.24) is 14.8 Å². The van der Waals surface area contributed by atoms with Gasteiger partial charge in [0.05, 0.1) is 5.82 Å². The highest BCUT2D eigenvalue weighted by Gasteiger charge is 2.34. The molecule has 38 heavy (non-hydrogen) atoms. The van der Waals surface area contributed by atoms with E-state index < -0.39 is 24.5 Å². The van der Waals surface area contributed by atoms with Gasteiger partial charge in [-0.2, -0.15) is 13.2 Å². The number of rotatable bonds is 9. The molecule has 0 aromatic carbocycles. The fourth-order valence-electron chi connectivity index (χ4n) is 4.80. The van der Waals surface area contributed by atoms with E-state index in [-0.39, 0.29) is 29.1 Å². The molecule has 0 bridgehead atoms. The Balaban J connectivity index is 1.57. The van der Waals surface area contributed by atoms with Crippen molar-refractivity contribution in [3.63, 3.8) is 0 Å². The second-order valence-corrected chi connectivity index (χ2v) is 9.47. The van der Waals surface area contributed by atoms with Crippen molar-refractivity contribution in [1.29, 1.82) is 0 Å². The van der Waals surface area contributed by atoms with E-state index in [1.165, 1.54) is 18.3 Å². The minimum atomic E-state index is -4.57. The van der Waals surface area contributed by atoms with E-state index in [0.717, 1.165) is 18.7 Å². The number of amides is 1. The van der Waals surface area contributed by atoms with Crippen LogP contribution in [0.3, 0.4) is 0 Å². The molecule has 4 N–H and O–H groups in total. The molecule has 1 amide bonds. The van der Waals surface area contributed by atoms with Crippen LogP contribution in [0.2, 0.25) is 0 Å². The first-order valence-electron chi connectivity index (χ1n) is 12.5. The summed E-state index contributed by atoms with van der Waals surface area (Å²) in [6.45, 7) is 5.05. The maximum Gasteiger partial charge on any atom is 0.425 e. The molecule has 0 saturated carbocycles. The van der Waals surface area contributed by atoms with Crippen molar-refractivity contribution in [3.8, 4) is 0 Å². The molecule has 1 aromatic heterocycles. The van der Waals surface area contributed by atoms with Gasteiger partial charge in [-0.3, -0.25) is 14.7 Å². The topological polar surface area (TPSA) is 110 Å². The summed E-state index contributed by atoms with van der Waals surface area (Å²) in [6, 6.07) is 2.56. The van der Waals surface area contributed by atoms with Crippen LogP contribution >= 0.6 is 0 Å². The molecule has 208 valence electrons. The highest BCUT2D eigenvalue weighted by molar-refractivity contribution is 6.00. The number of carbonyl (C=O) groups excluding carboxylic acids is 1. The number of hydrogen-bond acceptors (Lipinski definition) is 7. The maximum atomic E-state index is 14.4. The largest absolute Gasteiger partial charge is 0.425 e. The lowest BCUT2D eigenvalue weighted by atomic mass is 9.88. The van der Waals surface area contributed by atoms with E-state index >= 15 is 0 Å². The van der Waals surface area contributed by atoms with Crippen molar-refractivity contribution in [3.05, 3.63) is 66.0 Å². The summed E-state index contributed by atoms with van der Waals surface area (Å²) < 4.78 is 52.1. The molecule has 3 rings (SSSR count). The number of likely N-dealkylation sites (tertiary alicyclic amines) is 2. The van der Waals surface area contributed by atoms with Gasteiger partial charge in [0.25, 0.3) is 0 Å². The van der Waals surface area contributed by atoms with Gasteiger partial charge in [-0.05, 0) is 62.6 Å². The van der Waals surface area contributed by atoms with Crippen molar-refractivity contribution in [2.45, 2.75) is 31.9 Å². The van der Waals surface area contributed by atoms with E-state index in [1.807, 2.05) is 6.08 Å². The van der Waals surface area contributed by atoms with Crippen LogP contribution in [-0.4, -0.2) is 71.9 Å². The second-order valence-electron chi connectivity index (χ2n) is 9.47. The third kappa shape index (κ3) is 8.57. The van der Waals surface area contributed by atoms with Crippen LogP contribution in [0.4, 0.5) is 17.6 Å². The second kappa shape index (κ2) is 13.4. The molecular weight excluding hydrogens is 504 g/mol. The number of piperidine rings is 2. The molecule has 0 spiro atoms. The SMILES string of the molecule is C=C/C=C(\C=C(N)N)CN1CCC(C(=O)N2CCC(/C(=N\OCC(F)(F)F)c3ncccc3F)CC2)CC1. The van der Waals surface area contributed by atoms with Crippen molar-refractivity contribution < 1.29 is 27.2 Å². The first-order chi connectivity index (χ1) is 18.1. The Labute approximate surface area is 219 Å². The monoisotopic (exact) mass is 538 g/mol. The molecule has 2 saturated heterocycles. The molecule has 2 fully saturated rings. The normalized spacial score (nSPS) is 18.8. The quantitative estimate of drug-likeness (QED) is 0.216. The predicted molar refractivity (Wildman–Crippen MR) is 136 cm³/mol. The number of hydrogen-bond donors (Lipinski definition) is 2. The highest BCUT2D eigenvalue weighted by Crippen LogP contribution is 2.27. The number of carbonyl (C=O) groups is 1. The molecule has 0 unspecified atom stereocenters. The summed E-state index contributed by atoms with van der Waals surface area (Å²) in [6.07, 6.45) is 4.25. The van der Waals surface area contributed by atoms with Gasteiger partial charge in [0.2, 0.25) is 12.5 Å². The Hall–Kier alpha value is -3.41. The van der Waals surface area contributed by atoms with Crippen LogP contribution in [0, 0.1) is 17.7 Å². The number of halogens is 4. The van der Waals surface area contributed by atoms with Gasteiger partial charge in [-0.1, -0.05) is 23.9 Å². The van der Waals surface area contributed by atoms with E-state index in [4.69, 9.17) is 11.5 Å². The average Bonchev–Trinajstić information content (AvgIpc) is 2.87. The van der Waals surface area contributed by atoms with Gasteiger partial charge in [-0.15, -0.1) is 0 Å². The Kier molecular flexibility index (Phi) is 10.3. The molecule has 3 heterocycles. The van der Waals surface area contributed by atoms with Gasteiger partial charge < -0.3 is 21.2 Å². The molecule has 12 heteroatoms. The predicted octanol–water partition coefficient (Wildman–Crippen LogP) is 3.33. The summed E-state index contributed by atoms with van der Waals surface area (Å²) in [4.78, 5) is 25.7. The van der Waals surface area contributed by atoms with Gasteiger partial charge in [0.1, 0.15) is 11.4 Å². The van der Waals surface area contributed by atoms with Gasteiger partial charge in [0.15, 0.2) is 5.82 Å². The number of nitrogens with two attached hydrogens (primary N) is 2. The molecule has 2 aliphatic rings. The number of oxime groups is 1. The zero-order valence-corrected chi connectivity index (χ0v) is 21.2. The average molecular weight is 539 g/mol. The Bertz CT molecular complexity index is 1050. The first kappa shape index (κ1) is 29.2. The minimum absolute atomic E-state index is 0.0308. The molecule has 0 aliphatic carbocycles. The van der Waals surface area contributed by atoms with Crippen LogP contribution in [0.5, 0.6) is 0 Å². The number of alkyl halides is 3. The van der Waals surface area contributed by atoms with Crippen molar-refractivity contribution in [2.75, 3.05) is 39.3 Å². The fourth-order valence-corrected chi connectivity index (χ4v) is 4.80. The molecular formula is C26H34F4N6O2. The highest BCUT2D eigenvalue weighted by atomic mass is 19.4. The lowest BCUT2D eigenvalue weighted by molar-refractivity contribution is -0.173. The number of nitrogens with zero attached hydrogens (tertiary/aromatic N) is 4. The fraction of sp³-hybridized carbons (Fsp3) is 0.500. The number of pyridine rings is 1. The Morgan fingerprint density at radius 2 is 1.82 bits per heavy atom. The van der Waals surface area contributed by atoms with E-state index in [2.05, 4.69) is 26.5 Å². The third-order valence-electron chi connectivity index (χ3n) is 6.61. The summed E-state index contributed by atoms with van der Waals surface area (Å²) in [7, 11) is 0. The molecule has 8 nitrogen and oxygen atoms in total. The van der Waals surface area contributed by atoms with E-state index in [0.29, 0.717) is 45.3 Å². The molecule has 0 radical (unpaired) electrons. The Morgan fingerprint density at radius 1 is 1.16 bits per heavy atom. The lowest BCUT2D eigenvalue weighted by Crippen LogP contribution is -2.46. The van der Waals surface area contributed by atoms with Gasteiger partial charge >= 0.3 is 6.18 Å². The summed E-state index contributed by atoms with van der Waals surface area (Å²) >= 11 is 0. The maximum absolute atomic E-state index is 14.4. The summed E-state index contributed by atoms with van der Waals surface area (Å²) in [5, 5.41) is 3.64.